The second-order valence-electron chi connectivity index (χ2n) is 14.1. The Hall–Kier alpha value is -2.22. The molecule has 0 aliphatic rings. The molecule has 1 unspecified atom stereocenters. The van der Waals surface area contributed by atoms with Crippen molar-refractivity contribution in [3.05, 3.63) is 132 Å². The van der Waals surface area contributed by atoms with Gasteiger partial charge in [-0.1, -0.05) is 152 Å². The number of aryl methyl sites for hydroxylation is 1. The zero-order chi connectivity index (χ0) is 36.5. The van der Waals surface area contributed by atoms with E-state index in [0.717, 1.165) is 9.52 Å². The molecule has 4 heteroatoms. The van der Waals surface area contributed by atoms with Crippen molar-refractivity contribution < 1.29 is 20.8 Å². The van der Waals surface area contributed by atoms with Gasteiger partial charge in [-0.15, -0.1) is 63.5 Å². The van der Waals surface area contributed by atoms with Crippen LogP contribution in [0, 0.1) is 0 Å². The third-order valence-electron chi connectivity index (χ3n) is 9.27. The molecular weight excluding hydrogens is 743 g/mol. The monoisotopic (exact) mass is 796 g/mol. The van der Waals surface area contributed by atoms with Gasteiger partial charge in [-0.05, 0) is 46.4 Å². The van der Waals surface area contributed by atoms with Crippen LogP contribution in [-0.4, -0.2) is 9.52 Å². The van der Waals surface area contributed by atoms with Crippen molar-refractivity contribution in [1.82, 2.24) is 0 Å². The summed E-state index contributed by atoms with van der Waals surface area (Å²) >= 11 is -0.826. The molecule has 0 fully saturated rings. The average molecular weight is 799 g/mol. The van der Waals surface area contributed by atoms with Crippen LogP contribution in [0.3, 0.4) is 0 Å². The Balaban J connectivity index is 0.000000240. The molecule has 0 bridgehead atoms. The van der Waals surface area contributed by atoms with Gasteiger partial charge in [-0.2, -0.15) is 18.2 Å². The third kappa shape index (κ3) is 12.5. The first-order valence-corrected chi connectivity index (χ1v) is 26.5. The van der Waals surface area contributed by atoms with E-state index in [-0.39, 0.29) is 5.41 Å². The molecule has 0 amide bonds. The molecule has 0 aliphatic heterocycles. The number of hydrogen-bond donors (Lipinski definition) is 0. The summed E-state index contributed by atoms with van der Waals surface area (Å²) in [6, 6.07) is 42.7. The van der Waals surface area contributed by atoms with E-state index in [2.05, 4.69) is 170 Å². The topological polar surface area (TPSA) is 0 Å². The number of rotatable bonds is 9. The molecule has 6 rings (SSSR count). The quantitative estimate of drug-likeness (QED) is 0.0776. The van der Waals surface area contributed by atoms with Gasteiger partial charge < -0.3 is 0 Å². The van der Waals surface area contributed by atoms with Crippen LogP contribution in [-0.2, 0) is 32.7 Å². The number of fused-ring (bicyclic) bond motifs is 2. The van der Waals surface area contributed by atoms with Crippen LogP contribution < -0.4 is 0 Å². The Labute approximate surface area is 325 Å². The van der Waals surface area contributed by atoms with Gasteiger partial charge in [0, 0.05) is 9.52 Å². The molecule has 1 atom stereocenters. The molecule has 0 N–H and O–H groups in total. The fraction of sp³-hybridized carbons (Fsp3) is 0.348. The molecule has 0 saturated carbocycles. The van der Waals surface area contributed by atoms with E-state index in [1.54, 1.807) is 0 Å². The Kier molecular flexibility index (Phi) is 18.6. The summed E-state index contributed by atoms with van der Waals surface area (Å²) < 4.78 is 0. The number of halogens is 2. The molecule has 6 aromatic rings. The van der Waals surface area contributed by atoms with E-state index in [4.69, 9.17) is 17.0 Å². The zero-order valence-corrected chi connectivity index (χ0v) is 36.5. The molecule has 0 heterocycles. The molecule has 0 nitrogen and oxygen atoms in total. The second kappa shape index (κ2) is 22.0. The fourth-order valence-corrected chi connectivity index (χ4v) is 6.24. The van der Waals surface area contributed by atoms with Crippen LogP contribution in [0.4, 0.5) is 0 Å². The van der Waals surface area contributed by atoms with E-state index in [1.165, 1.54) is 99.0 Å². The van der Waals surface area contributed by atoms with E-state index in [0.29, 0.717) is 5.92 Å². The van der Waals surface area contributed by atoms with Crippen LogP contribution in [0.15, 0.2) is 115 Å². The van der Waals surface area contributed by atoms with E-state index in [1.807, 2.05) is 0 Å². The Morgan fingerprint density at radius 3 is 1.84 bits per heavy atom. The summed E-state index contributed by atoms with van der Waals surface area (Å²) in [6.45, 7) is 17.9. The van der Waals surface area contributed by atoms with Gasteiger partial charge in [0.05, 0.1) is 0 Å². The van der Waals surface area contributed by atoms with Crippen LogP contribution in [0.5, 0.6) is 0 Å². The van der Waals surface area contributed by atoms with Crippen molar-refractivity contribution in [2.45, 2.75) is 104 Å². The van der Waals surface area contributed by atoms with Crippen molar-refractivity contribution in [1.29, 1.82) is 0 Å². The molecule has 0 aromatic heterocycles. The first-order valence-electron chi connectivity index (χ1n) is 18.2. The fourth-order valence-electron chi connectivity index (χ4n) is 6.24. The molecule has 0 saturated heterocycles. The normalized spacial score (nSPS) is 11.4. The molecule has 2 radical (unpaired) electrons. The van der Waals surface area contributed by atoms with E-state index in [9.17, 15) is 0 Å². The predicted molar refractivity (Wildman–Crippen MR) is 224 cm³/mol. The Morgan fingerprint density at radius 2 is 1.28 bits per heavy atom. The standard InChI is InChI=1S/C25H31.C19H19.C2H6Si.2ClH.Zr/c1-4-6-7-8-10-20-17-23-11-9-12-24(25(23)18-20)22-15-13-21(14-16-22)19(3)5-2;1-19(2,3)16-12-10-15(11-13-16)18-9-5-7-14-6-4-8-17(14)18;1-3-2;;;/h9,11-19H,4-8,10H2,1-3H3;4-13H,1-3H3;1-2H3;2*1H;/q2*-1;;;;+4/p-2. The summed E-state index contributed by atoms with van der Waals surface area (Å²) in [6.07, 6.45) is 7.72. The van der Waals surface area contributed by atoms with Crippen LogP contribution in [0.1, 0.15) is 96.3 Å². The SMILES string of the molecule is CC(C)(C)c1ccc(-c2cccc3[cH-]ccc23)cc1.CCCCCCc1cc2c(-c3ccc(C(C)CC)cc3)cccc2[cH-]1.C[Si]C.[Cl][Zr+2][Cl]. The zero-order valence-electron chi connectivity index (χ0n) is 31.5. The minimum atomic E-state index is -0.826. The van der Waals surface area contributed by atoms with E-state index >= 15 is 0 Å². The number of benzene rings is 4. The Morgan fingerprint density at radius 1 is 0.720 bits per heavy atom. The molecule has 262 valence electrons. The summed E-state index contributed by atoms with van der Waals surface area (Å²) in [5.74, 6) is 0.637. The maximum atomic E-state index is 4.93. The molecule has 0 aliphatic carbocycles. The predicted octanol–water partition coefficient (Wildman–Crippen LogP) is 15.5. The van der Waals surface area contributed by atoms with Gasteiger partial charge in [0.1, 0.15) is 0 Å². The van der Waals surface area contributed by atoms with Crippen molar-refractivity contribution in [3.63, 3.8) is 0 Å². The molecule has 0 spiro atoms. The van der Waals surface area contributed by atoms with Gasteiger partial charge in [-0.25, -0.2) is 0 Å². The second-order valence-corrected chi connectivity index (χ2v) is 18.9. The summed E-state index contributed by atoms with van der Waals surface area (Å²) in [7, 11) is 11.0. The van der Waals surface area contributed by atoms with Crippen LogP contribution >= 0.6 is 17.0 Å². The summed E-state index contributed by atoms with van der Waals surface area (Å²) in [4.78, 5) is 0. The number of hydrogen-bond acceptors (Lipinski definition) is 0. The van der Waals surface area contributed by atoms with E-state index < -0.39 is 20.8 Å². The van der Waals surface area contributed by atoms with Gasteiger partial charge >= 0.3 is 37.9 Å². The summed E-state index contributed by atoms with van der Waals surface area (Å²) in [5, 5.41) is 5.45. The minimum absolute atomic E-state index is 0.213. The van der Waals surface area contributed by atoms with Crippen molar-refractivity contribution in [3.8, 4) is 22.3 Å². The molecular formula is C46H56Cl2SiZr. The summed E-state index contributed by atoms with van der Waals surface area (Å²) in [5.41, 5.74) is 9.85. The third-order valence-corrected chi connectivity index (χ3v) is 9.27. The van der Waals surface area contributed by atoms with Gasteiger partial charge in [-0.3, -0.25) is 0 Å². The number of unbranched alkanes of at least 4 members (excludes halogenated alkanes) is 3. The van der Waals surface area contributed by atoms with Crippen molar-refractivity contribution in [2.75, 3.05) is 0 Å². The molecule has 50 heavy (non-hydrogen) atoms. The first kappa shape index (κ1) is 42.2. The van der Waals surface area contributed by atoms with Crippen LogP contribution in [0.2, 0.25) is 13.1 Å². The van der Waals surface area contributed by atoms with Crippen molar-refractivity contribution in [2.24, 2.45) is 0 Å². The molecule has 6 aromatic carbocycles. The van der Waals surface area contributed by atoms with Crippen LogP contribution in [0.25, 0.3) is 43.8 Å². The maximum absolute atomic E-state index is 4.93. The average Bonchev–Trinajstić information content (AvgIpc) is 3.78. The Bertz CT molecular complexity index is 1800. The van der Waals surface area contributed by atoms with Gasteiger partial charge in [0.25, 0.3) is 0 Å². The first-order chi connectivity index (χ1) is 24.1. The van der Waals surface area contributed by atoms with Crippen molar-refractivity contribution >= 4 is 48.1 Å². The van der Waals surface area contributed by atoms with Gasteiger partial charge in [0.2, 0.25) is 0 Å². The van der Waals surface area contributed by atoms with Gasteiger partial charge in [0.15, 0.2) is 0 Å².